The molecule has 25 heavy (non-hydrogen) atoms. The third kappa shape index (κ3) is 4.26. The van der Waals surface area contributed by atoms with E-state index in [9.17, 15) is 15.0 Å². The van der Waals surface area contributed by atoms with E-state index in [4.69, 9.17) is 4.74 Å². The maximum Gasteiger partial charge on any atom is 0.185 e. The Kier molecular flexibility index (Phi) is 4.81. The molecule has 3 aromatic carbocycles. The summed E-state index contributed by atoms with van der Waals surface area (Å²) in [6.45, 7) is 0. The number of carbonyl (C=O) groups excluding carboxylic acids is 1. The Bertz CT molecular complexity index is 914. The van der Waals surface area contributed by atoms with Crippen LogP contribution in [0.2, 0.25) is 0 Å². The zero-order valence-electron chi connectivity index (χ0n) is 13.3. The number of hydrogen-bond donors (Lipinski definition) is 2. The lowest BCUT2D eigenvalue weighted by molar-refractivity contribution is 0.104. The van der Waals surface area contributed by atoms with Crippen LogP contribution in [-0.2, 0) is 0 Å². The van der Waals surface area contributed by atoms with Crippen molar-refractivity contribution in [3.63, 3.8) is 0 Å². The highest BCUT2D eigenvalue weighted by atomic mass is 16.5. The number of carbonyl (C=O) groups is 1. The summed E-state index contributed by atoms with van der Waals surface area (Å²) in [5, 5.41) is 18.8. The summed E-state index contributed by atoms with van der Waals surface area (Å²) in [6, 6.07) is 20.6. The molecule has 0 aliphatic carbocycles. The Morgan fingerprint density at radius 2 is 1.56 bits per heavy atom. The first-order chi connectivity index (χ1) is 12.1. The standard InChI is InChI=1S/C21H16O4/c22-19(11-9-15-10-12-20(23)21(24)13-15)16-5-4-8-18(14-16)25-17-6-2-1-3-7-17/h1-14,23-24H/b11-9+. The van der Waals surface area contributed by atoms with Crippen LogP contribution >= 0.6 is 0 Å². The van der Waals surface area contributed by atoms with Crippen LogP contribution in [0.4, 0.5) is 0 Å². The van der Waals surface area contributed by atoms with Crippen molar-refractivity contribution in [1.82, 2.24) is 0 Å². The van der Waals surface area contributed by atoms with Gasteiger partial charge in [0.2, 0.25) is 0 Å². The quantitative estimate of drug-likeness (QED) is 0.401. The van der Waals surface area contributed by atoms with Crippen LogP contribution in [-0.4, -0.2) is 16.0 Å². The lowest BCUT2D eigenvalue weighted by atomic mass is 10.1. The molecule has 0 unspecified atom stereocenters. The van der Waals surface area contributed by atoms with Gasteiger partial charge < -0.3 is 14.9 Å². The molecule has 4 nitrogen and oxygen atoms in total. The fourth-order valence-corrected chi connectivity index (χ4v) is 2.25. The van der Waals surface area contributed by atoms with E-state index in [1.807, 2.05) is 30.3 Å². The maximum atomic E-state index is 12.3. The van der Waals surface area contributed by atoms with Crippen LogP contribution in [0.15, 0.2) is 78.9 Å². The van der Waals surface area contributed by atoms with Gasteiger partial charge in [0, 0.05) is 5.56 Å². The van der Waals surface area contributed by atoms with Crippen molar-refractivity contribution in [1.29, 1.82) is 0 Å². The van der Waals surface area contributed by atoms with E-state index in [1.54, 1.807) is 36.4 Å². The molecule has 0 aliphatic rings. The average Bonchev–Trinajstić information content (AvgIpc) is 2.63. The summed E-state index contributed by atoms with van der Waals surface area (Å²) < 4.78 is 5.72. The zero-order chi connectivity index (χ0) is 17.6. The van der Waals surface area contributed by atoms with Gasteiger partial charge in [-0.15, -0.1) is 0 Å². The smallest absolute Gasteiger partial charge is 0.185 e. The molecule has 3 aromatic rings. The molecular weight excluding hydrogens is 316 g/mol. The van der Waals surface area contributed by atoms with Crippen molar-refractivity contribution < 1.29 is 19.7 Å². The highest BCUT2D eigenvalue weighted by Gasteiger charge is 2.05. The summed E-state index contributed by atoms with van der Waals surface area (Å²) in [6.07, 6.45) is 2.99. The molecule has 0 aromatic heterocycles. The molecule has 2 N–H and O–H groups in total. The Morgan fingerprint density at radius 1 is 0.800 bits per heavy atom. The molecule has 0 aliphatic heterocycles. The number of hydrogen-bond acceptors (Lipinski definition) is 4. The van der Waals surface area contributed by atoms with Crippen LogP contribution in [0, 0.1) is 0 Å². The first-order valence-electron chi connectivity index (χ1n) is 7.69. The molecule has 0 fully saturated rings. The average molecular weight is 332 g/mol. The van der Waals surface area contributed by atoms with Crippen LogP contribution in [0.3, 0.4) is 0 Å². The molecule has 0 atom stereocenters. The van der Waals surface area contributed by atoms with Gasteiger partial charge in [0.1, 0.15) is 11.5 Å². The van der Waals surface area contributed by atoms with Gasteiger partial charge in [0.25, 0.3) is 0 Å². The summed E-state index contributed by atoms with van der Waals surface area (Å²) in [4.78, 5) is 12.3. The van der Waals surface area contributed by atoms with Gasteiger partial charge in [-0.2, -0.15) is 0 Å². The van der Waals surface area contributed by atoms with Gasteiger partial charge in [-0.25, -0.2) is 0 Å². The molecule has 4 heteroatoms. The largest absolute Gasteiger partial charge is 0.504 e. The van der Waals surface area contributed by atoms with E-state index in [-0.39, 0.29) is 17.3 Å². The summed E-state index contributed by atoms with van der Waals surface area (Å²) >= 11 is 0. The predicted molar refractivity (Wildman–Crippen MR) is 96.1 cm³/mol. The second kappa shape index (κ2) is 7.36. The number of allylic oxidation sites excluding steroid dienone is 1. The number of ketones is 1. The molecule has 0 amide bonds. The lowest BCUT2D eigenvalue weighted by Crippen LogP contribution is -1.95. The molecule has 0 heterocycles. The van der Waals surface area contributed by atoms with Gasteiger partial charge in [0.15, 0.2) is 17.3 Å². The van der Waals surface area contributed by atoms with Crippen LogP contribution < -0.4 is 4.74 Å². The van der Waals surface area contributed by atoms with Gasteiger partial charge in [0.05, 0.1) is 0 Å². The molecule has 3 rings (SSSR count). The van der Waals surface area contributed by atoms with E-state index in [0.29, 0.717) is 22.6 Å². The molecule has 0 bridgehead atoms. The first-order valence-corrected chi connectivity index (χ1v) is 7.69. The van der Waals surface area contributed by atoms with Gasteiger partial charge in [-0.05, 0) is 48.0 Å². The number of para-hydroxylation sites is 1. The van der Waals surface area contributed by atoms with E-state index in [2.05, 4.69) is 0 Å². The Hall–Kier alpha value is -3.53. The summed E-state index contributed by atoms with van der Waals surface area (Å²) in [7, 11) is 0. The van der Waals surface area contributed by atoms with E-state index >= 15 is 0 Å². The van der Waals surface area contributed by atoms with Gasteiger partial charge in [-0.1, -0.05) is 42.5 Å². The van der Waals surface area contributed by atoms with E-state index in [0.717, 1.165) is 0 Å². The van der Waals surface area contributed by atoms with Crippen LogP contribution in [0.5, 0.6) is 23.0 Å². The highest BCUT2D eigenvalue weighted by molar-refractivity contribution is 6.07. The number of ether oxygens (including phenoxy) is 1. The van der Waals surface area contributed by atoms with E-state index < -0.39 is 0 Å². The molecule has 0 radical (unpaired) electrons. The first kappa shape index (κ1) is 16.3. The molecular formula is C21H16O4. The minimum atomic E-state index is -0.229. The second-order valence-corrected chi connectivity index (χ2v) is 5.39. The fourth-order valence-electron chi connectivity index (χ4n) is 2.25. The third-order valence-corrected chi connectivity index (χ3v) is 3.52. The van der Waals surface area contributed by atoms with Gasteiger partial charge >= 0.3 is 0 Å². The minimum Gasteiger partial charge on any atom is -0.504 e. The number of rotatable bonds is 5. The molecule has 0 saturated heterocycles. The maximum absolute atomic E-state index is 12.3. The van der Waals surface area contributed by atoms with E-state index in [1.165, 1.54) is 18.2 Å². The van der Waals surface area contributed by atoms with Crippen LogP contribution in [0.25, 0.3) is 6.08 Å². The number of aromatic hydroxyl groups is 2. The van der Waals surface area contributed by atoms with Crippen molar-refractivity contribution in [2.45, 2.75) is 0 Å². The topological polar surface area (TPSA) is 66.8 Å². The summed E-state index contributed by atoms with van der Waals surface area (Å²) in [5.74, 6) is 0.656. The van der Waals surface area contributed by atoms with Crippen molar-refractivity contribution >= 4 is 11.9 Å². The summed E-state index contributed by atoms with van der Waals surface area (Å²) in [5.41, 5.74) is 1.10. The molecule has 124 valence electrons. The third-order valence-electron chi connectivity index (χ3n) is 3.52. The highest BCUT2D eigenvalue weighted by Crippen LogP contribution is 2.26. The normalized spacial score (nSPS) is 10.7. The monoisotopic (exact) mass is 332 g/mol. The number of phenolic OH excluding ortho intramolecular Hbond substituents is 2. The second-order valence-electron chi connectivity index (χ2n) is 5.39. The Balaban J connectivity index is 1.74. The molecule has 0 spiro atoms. The lowest BCUT2D eigenvalue weighted by Gasteiger charge is -2.06. The Morgan fingerprint density at radius 3 is 2.32 bits per heavy atom. The minimum absolute atomic E-state index is 0.189. The predicted octanol–water partition coefficient (Wildman–Crippen LogP) is 4.79. The van der Waals surface area contributed by atoms with Crippen molar-refractivity contribution in [3.05, 3.63) is 90.0 Å². The fraction of sp³-hybridized carbons (Fsp3) is 0. The Labute approximate surface area is 145 Å². The number of benzene rings is 3. The van der Waals surface area contributed by atoms with Crippen LogP contribution in [0.1, 0.15) is 15.9 Å². The number of phenols is 2. The zero-order valence-corrected chi connectivity index (χ0v) is 13.3. The van der Waals surface area contributed by atoms with Gasteiger partial charge in [-0.3, -0.25) is 4.79 Å². The van der Waals surface area contributed by atoms with Crippen molar-refractivity contribution in [3.8, 4) is 23.0 Å². The van der Waals surface area contributed by atoms with Crippen molar-refractivity contribution in [2.75, 3.05) is 0 Å². The molecule has 0 saturated carbocycles. The van der Waals surface area contributed by atoms with Crippen molar-refractivity contribution in [2.24, 2.45) is 0 Å². The SMILES string of the molecule is O=C(/C=C/c1ccc(O)c(O)c1)c1cccc(Oc2ccccc2)c1.